The Kier molecular flexibility index (Phi) is 8.34. The number of nitrogens with zero attached hydrogens (tertiary/aromatic N) is 1. The van der Waals surface area contributed by atoms with Gasteiger partial charge in [0.25, 0.3) is 0 Å². The number of carbonyl (C=O) groups is 1. The maximum atomic E-state index is 12.0. The van der Waals surface area contributed by atoms with Crippen molar-refractivity contribution in [1.82, 2.24) is 10.2 Å². The maximum absolute atomic E-state index is 12.0. The van der Waals surface area contributed by atoms with E-state index in [0.29, 0.717) is 23.1 Å². The van der Waals surface area contributed by atoms with Crippen molar-refractivity contribution < 1.29 is 9.53 Å². The minimum absolute atomic E-state index is 0.0211. The molecule has 1 rings (SSSR count). The molecule has 0 saturated carbocycles. The van der Waals surface area contributed by atoms with Gasteiger partial charge in [0, 0.05) is 19.1 Å². The van der Waals surface area contributed by atoms with Crippen molar-refractivity contribution >= 4 is 29.3 Å². The maximum Gasteiger partial charge on any atom is 0.407 e. The molecular formula is C18H28Cl2N2O2. The molecule has 0 unspecified atom stereocenters. The van der Waals surface area contributed by atoms with E-state index in [4.69, 9.17) is 27.9 Å². The molecule has 1 amide bonds. The number of rotatable bonds is 7. The van der Waals surface area contributed by atoms with Crippen LogP contribution in [0.2, 0.25) is 10.0 Å². The van der Waals surface area contributed by atoms with E-state index >= 15 is 0 Å². The highest BCUT2D eigenvalue weighted by Gasteiger charge is 2.20. The van der Waals surface area contributed by atoms with E-state index < -0.39 is 5.60 Å². The third-order valence-corrected chi connectivity index (χ3v) is 4.22. The van der Waals surface area contributed by atoms with Crippen molar-refractivity contribution in [3.8, 4) is 0 Å². The third-order valence-electron chi connectivity index (χ3n) is 3.36. The normalized spacial score (nSPS) is 13.0. The minimum atomic E-state index is -0.499. The monoisotopic (exact) mass is 374 g/mol. The first-order valence-corrected chi connectivity index (χ1v) is 8.99. The number of halogens is 2. The van der Waals surface area contributed by atoms with E-state index in [9.17, 15) is 4.79 Å². The number of nitrogens with one attached hydrogen (secondary N) is 1. The number of benzene rings is 1. The first-order chi connectivity index (χ1) is 11.1. The smallest absolute Gasteiger partial charge is 0.407 e. The molecule has 6 heteroatoms. The molecule has 0 radical (unpaired) electrons. The summed E-state index contributed by atoms with van der Waals surface area (Å²) in [5, 5.41) is 4.09. The van der Waals surface area contributed by atoms with Crippen LogP contribution in [-0.4, -0.2) is 36.2 Å². The second kappa shape index (κ2) is 9.50. The van der Waals surface area contributed by atoms with Crippen LogP contribution < -0.4 is 5.32 Å². The van der Waals surface area contributed by atoms with Crippen LogP contribution in [0.4, 0.5) is 4.79 Å². The lowest BCUT2D eigenvalue weighted by Gasteiger charge is -2.27. The lowest BCUT2D eigenvalue weighted by Crippen LogP contribution is -2.44. The van der Waals surface area contributed by atoms with Gasteiger partial charge in [0.05, 0.1) is 10.0 Å². The fourth-order valence-corrected chi connectivity index (χ4v) is 2.81. The Morgan fingerprint density at radius 3 is 2.58 bits per heavy atom. The molecule has 0 aliphatic rings. The van der Waals surface area contributed by atoms with E-state index in [1.807, 2.05) is 40.0 Å². The van der Waals surface area contributed by atoms with Crippen LogP contribution in [0.5, 0.6) is 0 Å². The quantitative estimate of drug-likeness (QED) is 0.719. The molecule has 4 nitrogen and oxygen atoms in total. The van der Waals surface area contributed by atoms with Gasteiger partial charge in [0.2, 0.25) is 0 Å². The van der Waals surface area contributed by atoms with Gasteiger partial charge in [0.1, 0.15) is 5.60 Å². The van der Waals surface area contributed by atoms with Crippen LogP contribution in [0.1, 0.15) is 46.1 Å². The number of amides is 1. The summed E-state index contributed by atoms with van der Waals surface area (Å²) in [6.45, 7) is 9.03. The molecule has 1 atom stereocenters. The van der Waals surface area contributed by atoms with Gasteiger partial charge in [0.15, 0.2) is 0 Å². The van der Waals surface area contributed by atoms with E-state index in [-0.39, 0.29) is 12.1 Å². The molecular weight excluding hydrogens is 347 g/mol. The van der Waals surface area contributed by atoms with Gasteiger partial charge in [-0.1, -0.05) is 48.7 Å². The molecule has 0 aliphatic carbocycles. The third kappa shape index (κ3) is 7.73. The van der Waals surface area contributed by atoms with Crippen LogP contribution in [0, 0.1) is 0 Å². The van der Waals surface area contributed by atoms with Crippen LogP contribution in [0.25, 0.3) is 0 Å². The van der Waals surface area contributed by atoms with Crippen molar-refractivity contribution in [2.45, 2.75) is 58.7 Å². The molecule has 1 N–H and O–H groups in total. The summed E-state index contributed by atoms with van der Waals surface area (Å²) in [5.74, 6) is 0. The zero-order chi connectivity index (χ0) is 18.3. The Bertz CT molecular complexity index is 544. The van der Waals surface area contributed by atoms with Crippen LogP contribution in [-0.2, 0) is 11.3 Å². The number of alkyl carbamates (subject to hydrolysis) is 1. The second-order valence-corrected chi connectivity index (χ2v) is 7.83. The summed E-state index contributed by atoms with van der Waals surface area (Å²) in [5.41, 5.74) is 0.473. The highest BCUT2D eigenvalue weighted by Crippen LogP contribution is 2.26. The van der Waals surface area contributed by atoms with Crippen molar-refractivity contribution in [1.29, 1.82) is 0 Å². The summed E-state index contributed by atoms with van der Waals surface area (Å²) in [6.07, 6.45) is 1.48. The Balaban J connectivity index is 2.63. The van der Waals surface area contributed by atoms with Crippen molar-refractivity contribution in [3.63, 3.8) is 0 Å². The van der Waals surface area contributed by atoms with Crippen molar-refractivity contribution in [2.24, 2.45) is 0 Å². The molecule has 0 aromatic heterocycles. The topological polar surface area (TPSA) is 41.6 Å². The van der Waals surface area contributed by atoms with Crippen LogP contribution in [0.15, 0.2) is 18.2 Å². The summed E-state index contributed by atoms with van der Waals surface area (Å²) in [7, 11) is 2.00. The molecule has 1 aromatic carbocycles. The minimum Gasteiger partial charge on any atom is -0.444 e. The molecule has 0 heterocycles. The fourth-order valence-electron chi connectivity index (χ4n) is 2.43. The van der Waals surface area contributed by atoms with E-state index in [0.717, 1.165) is 18.4 Å². The summed E-state index contributed by atoms with van der Waals surface area (Å²) in [6, 6.07) is 5.64. The molecule has 136 valence electrons. The number of hydrogen-bond acceptors (Lipinski definition) is 3. The molecule has 1 aromatic rings. The summed E-state index contributed by atoms with van der Waals surface area (Å²) >= 11 is 12.3. The molecule has 0 bridgehead atoms. The van der Waals surface area contributed by atoms with Crippen LogP contribution in [0.3, 0.4) is 0 Å². The highest BCUT2D eigenvalue weighted by atomic mass is 35.5. The zero-order valence-electron chi connectivity index (χ0n) is 15.2. The first-order valence-electron chi connectivity index (χ1n) is 8.23. The lowest BCUT2D eigenvalue weighted by molar-refractivity contribution is 0.0490. The van der Waals surface area contributed by atoms with Gasteiger partial charge in [-0.15, -0.1) is 0 Å². The number of ether oxygens (including phenoxy) is 1. The summed E-state index contributed by atoms with van der Waals surface area (Å²) < 4.78 is 5.34. The standard InChI is InChI=1S/C18H28Cl2N2O2/c1-6-8-14(21-17(23)24-18(2,3)4)12-22(5)11-13-9-7-10-15(19)16(13)20/h7,9-10,14H,6,8,11-12H2,1-5H3,(H,21,23)/t14-/m0/s1. The molecule has 0 aliphatic heterocycles. The van der Waals surface area contributed by atoms with Gasteiger partial charge >= 0.3 is 6.09 Å². The van der Waals surface area contributed by atoms with Gasteiger partial charge in [-0.3, -0.25) is 0 Å². The number of likely N-dealkylation sites (N-methyl/N-ethyl adjacent to an activating group) is 1. The average Bonchev–Trinajstić information content (AvgIpc) is 2.42. The van der Waals surface area contributed by atoms with Gasteiger partial charge in [-0.05, 0) is 45.9 Å². The number of carbonyl (C=O) groups excluding carboxylic acids is 1. The zero-order valence-corrected chi connectivity index (χ0v) is 16.7. The second-order valence-electron chi connectivity index (χ2n) is 7.04. The number of hydrogen-bond donors (Lipinski definition) is 1. The molecule has 0 saturated heterocycles. The molecule has 24 heavy (non-hydrogen) atoms. The van der Waals surface area contributed by atoms with E-state index in [2.05, 4.69) is 17.1 Å². The Labute approximate surface area is 155 Å². The first kappa shape index (κ1) is 21.1. The lowest BCUT2D eigenvalue weighted by atomic mass is 10.1. The summed E-state index contributed by atoms with van der Waals surface area (Å²) in [4.78, 5) is 14.1. The predicted molar refractivity (Wildman–Crippen MR) is 101 cm³/mol. The Hall–Kier alpha value is -0.970. The van der Waals surface area contributed by atoms with Crippen molar-refractivity contribution in [2.75, 3.05) is 13.6 Å². The SMILES string of the molecule is CCC[C@@H](CN(C)Cc1cccc(Cl)c1Cl)NC(=O)OC(C)(C)C. The van der Waals surface area contributed by atoms with Gasteiger partial charge in [-0.25, -0.2) is 4.79 Å². The Morgan fingerprint density at radius 1 is 1.33 bits per heavy atom. The van der Waals surface area contributed by atoms with Crippen LogP contribution >= 0.6 is 23.2 Å². The van der Waals surface area contributed by atoms with Crippen molar-refractivity contribution in [3.05, 3.63) is 33.8 Å². The average molecular weight is 375 g/mol. The largest absolute Gasteiger partial charge is 0.444 e. The van der Waals surface area contributed by atoms with Gasteiger partial charge < -0.3 is 15.0 Å². The molecule has 0 fully saturated rings. The molecule has 0 spiro atoms. The van der Waals surface area contributed by atoms with E-state index in [1.165, 1.54) is 0 Å². The fraction of sp³-hybridized carbons (Fsp3) is 0.611. The predicted octanol–water partition coefficient (Wildman–Crippen LogP) is 5.12. The van der Waals surface area contributed by atoms with Gasteiger partial charge in [-0.2, -0.15) is 0 Å². The Morgan fingerprint density at radius 2 is 2.00 bits per heavy atom. The highest BCUT2D eigenvalue weighted by molar-refractivity contribution is 6.42. The van der Waals surface area contributed by atoms with E-state index in [1.54, 1.807) is 6.07 Å².